The molecule has 0 aliphatic carbocycles. The van der Waals surface area contributed by atoms with Crippen LogP contribution >= 0.6 is 0 Å². The zero-order valence-electron chi connectivity index (χ0n) is 8.97. The van der Waals surface area contributed by atoms with Crippen LogP contribution in [0.1, 0.15) is 52.9 Å². The van der Waals surface area contributed by atoms with Gasteiger partial charge in [0.1, 0.15) is 0 Å². The van der Waals surface area contributed by atoms with E-state index in [1.165, 1.54) is 32.1 Å². The molecule has 0 aliphatic heterocycles. The molecular formula is C11H25N. The molecule has 12 heavy (non-hydrogen) atoms. The molecule has 0 aliphatic rings. The summed E-state index contributed by atoms with van der Waals surface area (Å²) in [5.74, 6) is 1.76. The summed E-state index contributed by atoms with van der Waals surface area (Å²) in [6, 6.07) is 0. The van der Waals surface area contributed by atoms with Gasteiger partial charge >= 0.3 is 0 Å². The van der Waals surface area contributed by atoms with Crippen molar-refractivity contribution in [2.24, 2.45) is 17.6 Å². The van der Waals surface area contributed by atoms with Gasteiger partial charge in [0, 0.05) is 0 Å². The van der Waals surface area contributed by atoms with E-state index in [9.17, 15) is 0 Å². The Hall–Kier alpha value is -0.0400. The Bertz CT molecular complexity index is 89.0. The highest BCUT2D eigenvalue weighted by Gasteiger charge is 2.03. The maximum atomic E-state index is 5.43. The maximum absolute atomic E-state index is 5.43. The second kappa shape index (κ2) is 7.60. The Labute approximate surface area is 77.7 Å². The monoisotopic (exact) mass is 171 g/mol. The lowest BCUT2D eigenvalue weighted by Crippen LogP contribution is -2.01. The van der Waals surface area contributed by atoms with Crippen LogP contribution in [0.2, 0.25) is 0 Å². The quantitative estimate of drug-likeness (QED) is 0.585. The van der Waals surface area contributed by atoms with Crippen LogP contribution in [0.15, 0.2) is 0 Å². The largest absolute Gasteiger partial charge is 0.330 e. The highest BCUT2D eigenvalue weighted by molar-refractivity contribution is 4.56. The van der Waals surface area contributed by atoms with Gasteiger partial charge in [-0.25, -0.2) is 0 Å². The fraction of sp³-hybridized carbons (Fsp3) is 1.00. The average molecular weight is 171 g/mol. The van der Waals surface area contributed by atoms with Crippen molar-refractivity contribution in [2.45, 2.75) is 52.9 Å². The average Bonchev–Trinajstić information content (AvgIpc) is 1.97. The third-order valence-corrected chi connectivity index (χ3v) is 2.27. The molecule has 0 heterocycles. The Balaban J connectivity index is 3.14. The predicted octanol–water partition coefficient (Wildman–Crippen LogP) is 3.19. The summed E-state index contributed by atoms with van der Waals surface area (Å²) in [5, 5.41) is 0. The molecule has 0 aromatic rings. The molecule has 0 amide bonds. The standard InChI is InChI=1S/C11H25N/c1-10(2)9-11(3)7-5-4-6-8-12/h10-11H,4-9,12H2,1-3H3. The minimum Gasteiger partial charge on any atom is -0.330 e. The molecule has 0 bridgehead atoms. The summed E-state index contributed by atoms with van der Waals surface area (Å²) < 4.78 is 0. The topological polar surface area (TPSA) is 26.0 Å². The van der Waals surface area contributed by atoms with Gasteiger partial charge in [0.2, 0.25) is 0 Å². The highest BCUT2D eigenvalue weighted by atomic mass is 14.5. The Morgan fingerprint density at radius 3 is 2.17 bits per heavy atom. The van der Waals surface area contributed by atoms with E-state index in [-0.39, 0.29) is 0 Å². The van der Waals surface area contributed by atoms with Crippen LogP contribution in [0.25, 0.3) is 0 Å². The van der Waals surface area contributed by atoms with Crippen LogP contribution in [0.5, 0.6) is 0 Å². The Morgan fingerprint density at radius 1 is 1.00 bits per heavy atom. The minimum absolute atomic E-state index is 0.856. The van der Waals surface area contributed by atoms with E-state index in [1.807, 2.05) is 0 Å². The number of rotatable bonds is 7. The summed E-state index contributed by atoms with van der Waals surface area (Å²) >= 11 is 0. The fourth-order valence-electron chi connectivity index (χ4n) is 1.74. The number of nitrogens with two attached hydrogens (primary N) is 1. The first kappa shape index (κ1) is 12.0. The number of hydrogen-bond donors (Lipinski definition) is 1. The molecule has 1 heteroatoms. The molecule has 0 aromatic carbocycles. The molecule has 1 atom stereocenters. The van der Waals surface area contributed by atoms with Crippen molar-refractivity contribution >= 4 is 0 Å². The lowest BCUT2D eigenvalue weighted by atomic mass is 9.94. The van der Waals surface area contributed by atoms with Gasteiger partial charge in [-0.1, -0.05) is 40.0 Å². The molecule has 0 saturated heterocycles. The van der Waals surface area contributed by atoms with Gasteiger partial charge in [0.05, 0.1) is 0 Å². The molecule has 0 saturated carbocycles. The molecule has 0 aromatic heterocycles. The van der Waals surface area contributed by atoms with Gasteiger partial charge in [-0.2, -0.15) is 0 Å². The van der Waals surface area contributed by atoms with Gasteiger partial charge in [-0.05, 0) is 31.2 Å². The third-order valence-electron chi connectivity index (χ3n) is 2.27. The van der Waals surface area contributed by atoms with Crippen molar-refractivity contribution in [1.82, 2.24) is 0 Å². The lowest BCUT2D eigenvalue weighted by molar-refractivity contribution is 0.400. The molecule has 0 radical (unpaired) electrons. The Morgan fingerprint density at radius 2 is 1.67 bits per heavy atom. The first-order chi connectivity index (χ1) is 5.66. The van der Waals surface area contributed by atoms with Crippen molar-refractivity contribution in [3.05, 3.63) is 0 Å². The summed E-state index contributed by atoms with van der Waals surface area (Å²) in [6.07, 6.45) is 6.65. The van der Waals surface area contributed by atoms with Crippen molar-refractivity contribution in [1.29, 1.82) is 0 Å². The second-order valence-corrected chi connectivity index (χ2v) is 4.37. The maximum Gasteiger partial charge on any atom is -0.00773 e. The van der Waals surface area contributed by atoms with E-state index >= 15 is 0 Å². The van der Waals surface area contributed by atoms with Crippen LogP contribution in [-0.2, 0) is 0 Å². The van der Waals surface area contributed by atoms with Crippen LogP contribution in [0.4, 0.5) is 0 Å². The van der Waals surface area contributed by atoms with E-state index in [0.717, 1.165) is 18.4 Å². The van der Waals surface area contributed by atoms with Crippen LogP contribution in [0.3, 0.4) is 0 Å². The SMILES string of the molecule is CC(C)CC(C)CCCCCN. The van der Waals surface area contributed by atoms with E-state index < -0.39 is 0 Å². The van der Waals surface area contributed by atoms with Crippen LogP contribution < -0.4 is 5.73 Å². The molecule has 0 rings (SSSR count). The van der Waals surface area contributed by atoms with Crippen molar-refractivity contribution < 1.29 is 0 Å². The van der Waals surface area contributed by atoms with E-state index in [2.05, 4.69) is 20.8 Å². The third kappa shape index (κ3) is 8.06. The predicted molar refractivity (Wildman–Crippen MR) is 56.1 cm³/mol. The minimum atomic E-state index is 0.856. The van der Waals surface area contributed by atoms with E-state index in [1.54, 1.807) is 0 Å². The van der Waals surface area contributed by atoms with Crippen molar-refractivity contribution in [3.63, 3.8) is 0 Å². The van der Waals surface area contributed by atoms with E-state index in [4.69, 9.17) is 5.73 Å². The normalized spacial score (nSPS) is 13.8. The zero-order valence-corrected chi connectivity index (χ0v) is 8.97. The summed E-state index contributed by atoms with van der Waals surface area (Å²) in [7, 11) is 0. The first-order valence-corrected chi connectivity index (χ1v) is 5.37. The molecule has 0 fully saturated rings. The molecule has 0 spiro atoms. The first-order valence-electron chi connectivity index (χ1n) is 5.37. The Kier molecular flexibility index (Phi) is 7.58. The van der Waals surface area contributed by atoms with E-state index in [0.29, 0.717) is 0 Å². The second-order valence-electron chi connectivity index (χ2n) is 4.37. The van der Waals surface area contributed by atoms with Gasteiger partial charge in [0.25, 0.3) is 0 Å². The van der Waals surface area contributed by atoms with Crippen LogP contribution in [-0.4, -0.2) is 6.54 Å². The molecule has 1 nitrogen and oxygen atoms in total. The number of hydrogen-bond acceptors (Lipinski definition) is 1. The van der Waals surface area contributed by atoms with Gasteiger partial charge in [0.15, 0.2) is 0 Å². The van der Waals surface area contributed by atoms with Crippen LogP contribution in [0, 0.1) is 11.8 Å². The molecule has 74 valence electrons. The smallest absolute Gasteiger partial charge is 0.00773 e. The molecule has 2 N–H and O–H groups in total. The van der Waals surface area contributed by atoms with Crippen molar-refractivity contribution in [2.75, 3.05) is 6.54 Å². The van der Waals surface area contributed by atoms with Crippen molar-refractivity contribution in [3.8, 4) is 0 Å². The summed E-state index contributed by atoms with van der Waals surface area (Å²) in [6.45, 7) is 7.83. The summed E-state index contributed by atoms with van der Waals surface area (Å²) in [4.78, 5) is 0. The van der Waals surface area contributed by atoms with Gasteiger partial charge in [-0.15, -0.1) is 0 Å². The molecule has 1 unspecified atom stereocenters. The summed E-state index contributed by atoms with van der Waals surface area (Å²) in [5.41, 5.74) is 5.43. The fourth-order valence-corrected chi connectivity index (χ4v) is 1.74. The van der Waals surface area contributed by atoms with Gasteiger partial charge < -0.3 is 5.73 Å². The van der Waals surface area contributed by atoms with Gasteiger partial charge in [-0.3, -0.25) is 0 Å². The number of unbranched alkanes of at least 4 members (excludes halogenated alkanes) is 2. The lowest BCUT2D eigenvalue weighted by Gasteiger charge is -2.13. The highest BCUT2D eigenvalue weighted by Crippen LogP contribution is 2.17. The zero-order chi connectivity index (χ0) is 9.40. The molecular weight excluding hydrogens is 146 g/mol.